The number of carboxylic acid groups (broad SMARTS) is 1. The van der Waals surface area contributed by atoms with E-state index < -0.39 is 5.97 Å². The lowest BCUT2D eigenvalue weighted by molar-refractivity contribution is -0.136. The number of hydrogen-bond donors (Lipinski definition) is 2. The van der Waals surface area contributed by atoms with Crippen LogP contribution in [0, 0.1) is 5.92 Å². The van der Waals surface area contributed by atoms with Gasteiger partial charge in [0.15, 0.2) is 0 Å². The maximum atomic E-state index is 10.5. The zero-order valence-electron chi connectivity index (χ0n) is 15.1. The van der Waals surface area contributed by atoms with Crippen LogP contribution < -0.4 is 10.1 Å². The first kappa shape index (κ1) is 18.9. The summed E-state index contributed by atoms with van der Waals surface area (Å²) in [4.78, 5) is 15.1. The van der Waals surface area contributed by atoms with Crippen molar-refractivity contribution in [3.8, 4) is 17.0 Å². The molecule has 0 spiro atoms. The average molecular weight is 375 g/mol. The Morgan fingerprint density at radius 1 is 1.27 bits per heavy atom. The fraction of sp³-hybridized carbons (Fsp3) is 0.500. The van der Waals surface area contributed by atoms with E-state index in [1.165, 1.54) is 12.8 Å². The van der Waals surface area contributed by atoms with E-state index in [2.05, 4.69) is 29.4 Å². The number of carbonyl (C=O) groups is 1. The SMILES string of the molecule is CC1CCC(Oc2ccc(-c3csc(CNCCC(=O)O)n3)cc2)CC1. The van der Waals surface area contributed by atoms with Crippen LogP contribution in [0.15, 0.2) is 29.6 Å². The Kier molecular flexibility index (Phi) is 6.63. The summed E-state index contributed by atoms with van der Waals surface area (Å²) in [5.74, 6) is 0.969. The normalized spacial score (nSPS) is 20.0. The summed E-state index contributed by atoms with van der Waals surface area (Å²) in [6.45, 7) is 3.37. The second kappa shape index (κ2) is 9.14. The molecule has 6 heteroatoms. The van der Waals surface area contributed by atoms with E-state index >= 15 is 0 Å². The van der Waals surface area contributed by atoms with Crippen molar-refractivity contribution in [3.63, 3.8) is 0 Å². The van der Waals surface area contributed by atoms with Gasteiger partial charge >= 0.3 is 5.97 Å². The molecule has 2 N–H and O–H groups in total. The van der Waals surface area contributed by atoms with Crippen LogP contribution >= 0.6 is 11.3 Å². The number of benzene rings is 1. The monoisotopic (exact) mass is 374 g/mol. The van der Waals surface area contributed by atoms with Gasteiger partial charge in [0.25, 0.3) is 0 Å². The Bertz CT molecular complexity index is 706. The fourth-order valence-electron chi connectivity index (χ4n) is 3.16. The highest BCUT2D eigenvalue weighted by atomic mass is 32.1. The quantitative estimate of drug-likeness (QED) is 0.673. The molecule has 1 aliphatic carbocycles. The Labute approximate surface area is 158 Å². The molecule has 0 unspecified atom stereocenters. The van der Waals surface area contributed by atoms with E-state index in [0.29, 0.717) is 19.2 Å². The van der Waals surface area contributed by atoms with Crippen molar-refractivity contribution in [2.24, 2.45) is 5.92 Å². The molecular formula is C20H26N2O3S. The van der Waals surface area contributed by atoms with Crippen LogP contribution in [0.4, 0.5) is 0 Å². The standard InChI is InChI=1S/C20H26N2O3S/c1-14-2-6-16(7-3-14)25-17-8-4-15(5-9-17)18-13-26-19(22-18)12-21-11-10-20(23)24/h4-5,8-9,13-14,16,21H,2-3,6-7,10-12H2,1H3,(H,23,24). The molecule has 1 fully saturated rings. The third-order valence-electron chi connectivity index (χ3n) is 4.76. The van der Waals surface area contributed by atoms with Crippen LogP contribution in [-0.4, -0.2) is 28.7 Å². The number of nitrogens with one attached hydrogen (secondary N) is 1. The first-order chi connectivity index (χ1) is 12.6. The number of nitrogens with zero attached hydrogens (tertiary/aromatic N) is 1. The van der Waals surface area contributed by atoms with Crippen molar-refractivity contribution >= 4 is 17.3 Å². The van der Waals surface area contributed by atoms with E-state index in [1.54, 1.807) is 11.3 Å². The Balaban J connectivity index is 1.51. The first-order valence-corrected chi connectivity index (χ1v) is 10.1. The number of aromatic nitrogens is 1. The minimum atomic E-state index is -0.789. The molecule has 140 valence electrons. The summed E-state index contributed by atoms with van der Waals surface area (Å²) >= 11 is 1.58. The van der Waals surface area contributed by atoms with Gasteiger partial charge in [0, 0.05) is 24.0 Å². The van der Waals surface area contributed by atoms with Crippen molar-refractivity contribution in [1.29, 1.82) is 0 Å². The van der Waals surface area contributed by atoms with Gasteiger partial charge in [0.2, 0.25) is 0 Å². The number of hydrogen-bond acceptors (Lipinski definition) is 5. The molecule has 1 aromatic heterocycles. The molecule has 0 amide bonds. The topological polar surface area (TPSA) is 71.5 Å². The number of ether oxygens (including phenoxy) is 1. The maximum Gasteiger partial charge on any atom is 0.304 e. The predicted octanol–water partition coefficient (Wildman–Crippen LogP) is 4.33. The maximum absolute atomic E-state index is 10.5. The van der Waals surface area contributed by atoms with Crippen LogP contribution in [-0.2, 0) is 11.3 Å². The minimum absolute atomic E-state index is 0.125. The molecule has 5 nitrogen and oxygen atoms in total. The van der Waals surface area contributed by atoms with Gasteiger partial charge in [-0.05, 0) is 55.9 Å². The molecule has 0 saturated heterocycles. The molecule has 0 bridgehead atoms. The highest BCUT2D eigenvalue weighted by Gasteiger charge is 2.19. The summed E-state index contributed by atoms with van der Waals surface area (Å²) in [7, 11) is 0. The van der Waals surface area contributed by atoms with Gasteiger partial charge in [-0.25, -0.2) is 4.98 Å². The molecule has 0 atom stereocenters. The lowest BCUT2D eigenvalue weighted by Crippen LogP contribution is -2.22. The van der Waals surface area contributed by atoms with Crippen molar-refractivity contribution in [2.75, 3.05) is 6.54 Å². The lowest BCUT2D eigenvalue weighted by Gasteiger charge is -2.26. The van der Waals surface area contributed by atoms with Crippen LogP contribution in [0.5, 0.6) is 5.75 Å². The van der Waals surface area contributed by atoms with Crippen molar-refractivity contribution in [3.05, 3.63) is 34.7 Å². The minimum Gasteiger partial charge on any atom is -0.490 e. The van der Waals surface area contributed by atoms with Gasteiger partial charge in [-0.3, -0.25) is 4.79 Å². The lowest BCUT2D eigenvalue weighted by atomic mass is 9.89. The van der Waals surface area contributed by atoms with Crippen LogP contribution in [0.1, 0.15) is 44.0 Å². The van der Waals surface area contributed by atoms with Crippen LogP contribution in [0.3, 0.4) is 0 Å². The molecule has 1 aromatic carbocycles. The zero-order valence-corrected chi connectivity index (χ0v) is 15.9. The highest BCUT2D eigenvalue weighted by Crippen LogP contribution is 2.29. The van der Waals surface area contributed by atoms with Crippen LogP contribution in [0.25, 0.3) is 11.3 Å². The smallest absolute Gasteiger partial charge is 0.304 e. The van der Waals surface area contributed by atoms with Crippen molar-refractivity contribution < 1.29 is 14.6 Å². The van der Waals surface area contributed by atoms with Gasteiger partial charge in [-0.2, -0.15) is 0 Å². The largest absolute Gasteiger partial charge is 0.490 e. The van der Waals surface area contributed by atoms with Crippen molar-refractivity contribution in [2.45, 2.75) is 51.7 Å². The molecule has 1 aliphatic rings. The fourth-order valence-corrected chi connectivity index (χ4v) is 3.93. The predicted molar refractivity (Wildman–Crippen MR) is 104 cm³/mol. The number of carboxylic acids is 1. The second-order valence-electron chi connectivity index (χ2n) is 6.97. The van der Waals surface area contributed by atoms with Gasteiger partial charge < -0.3 is 15.2 Å². The van der Waals surface area contributed by atoms with E-state index in [9.17, 15) is 4.79 Å². The van der Waals surface area contributed by atoms with E-state index in [4.69, 9.17) is 9.84 Å². The summed E-state index contributed by atoms with van der Waals surface area (Å²) in [5, 5.41) is 14.7. The molecule has 1 saturated carbocycles. The van der Waals surface area contributed by atoms with Gasteiger partial charge in [0.1, 0.15) is 10.8 Å². The Morgan fingerprint density at radius 3 is 2.69 bits per heavy atom. The van der Waals surface area contributed by atoms with Crippen molar-refractivity contribution in [1.82, 2.24) is 10.3 Å². The van der Waals surface area contributed by atoms with E-state index in [1.807, 2.05) is 17.5 Å². The molecule has 0 aliphatic heterocycles. The summed E-state index contributed by atoms with van der Waals surface area (Å²) in [6.07, 6.45) is 5.27. The van der Waals surface area contributed by atoms with E-state index in [-0.39, 0.29) is 6.42 Å². The van der Waals surface area contributed by atoms with Gasteiger partial charge in [0.05, 0.1) is 18.2 Å². The Hall–Kier alpha value is -1.92. The molecular weight excluding hydrogens is 348 g/mol. The number of thiazole rings is 1. The molecule has 0 radical (unpaired) electrons. The number of aliphatic carboxylic acids is 1. The summed E-state index contributed by atoms with van der Waals surface area (Å²) in [6, 6.07) is 8.16. The zero-order chi connectivity index (χ0) is 18.4. The number of rotatable bonds is 8. The third-order valence-corrected chi connectivity index (χ3v) is 5.61. The summed E-state index contributed by atoms with van der Waals surface area (Å²) < 4.78 is 6.11. The van der Waals surface area contributed by atoms with E-state index in [0.717, 1.165) is 40.8 Å². The Morgan fingerprint density at radius 2 is 2.00 bits per heavy atom. The van der Waals surface area contributed by atoms with Gasteiger partial charge in [-0.15, -0.1) is 11.3 Å². The molecule has 3 rings (SSSR count). The van der Waals surface area contributed by atoms with Gasteiger partial charge in [-0.1, -0.05) is 6.92 Å². The third kappa shape index (κ3) is 5.54. The molecule has 2 aromatic rings. The van der Waals surface area contributed by atoms with Crippen LogP contribution in [0.2, 0.25) is 0 Å². The molecule has 1 heterocycles. The first-order valence-electron chi connectivity index (χ1n) is 9.24. The summed E-state index contributed by atoms with van der Waals surface area (Å²) in [5.41, 5.74) is 2.02. The molecule has 26 heavy (non-hydrogen) atoms. The second-order valence-corrected chi connectivity index (χ2v) is 7.91. The average Bonchev–Trinajstić information content (AvgIpc) is 3.10. The highest BCUT2D eigenvalue weighted by molar-refractivity contribution is 7.09.